The van der Waals surface area contributed by atoms with Crippen LogP contribution < -0.4 is 5.32 Å². The Morgan fingerprint density at radius 3 is 2.60 bits per heavy atom. The topological polar surface area (TPSA) is 15.3 Å². The van der Waals surface area contributed by atoms with Gasteiger partial charge in [-0.2, -0.15) is 0 Å². The molecule has 1 saturated carbocycles. The zero-order valence-corrected chi connectivity index (χ0v) is 13.9. The largest absolute Gasteiger partial charge is 0.314 e. The Balaban J connectivity index is 1.92. The molecule has 0 spiro atoms. The first kappa shape index (κ1) is 14.7. The van der Waals surface area contributed by atoms with Crippen LogP contribution in [0.5, 0.6) is 0 Å². The molecule has 0 amide bonds. The minimum Gasteiger partial charge on any atom is -0.314 e. The Morgan fingerprint density at radius 2 is 1.90 bits per heavy atom. The van der Waals surface area contributed by atoms with Crippen LogP contribution >= 0.6 is 22.6 Å². The molecular formula is C16H22FIN2. The Kier molecular flexibility index (Phi) is 4.94. The van der Waals surface area contributed by atoms with Gasteiger partial charge in [0.15, 0.2) is 0 Å². The van der Waals surface area contributed by atoms with Crippen LogP contribution in [0.15, 0.2) is 18.2 Å². The first-order valence-corrected chi connectivity index (χ1v) is 8.73. The number of rotatable bonds is 3. The van der Waals surface area contributed by atoms with Crippen molar-refractivity contribution in [1.29, 1.82) is 0 Å². The van der Waals surface area contributed by atoms with Gasteiger partial charge in [-0.05, 0) is 59.5 Å². The fourth-order valence-electron chi connectivity index (χ4n) is 3.72. The van der Waals surface area contributed by atoms with Gasteiger partial charge >= 0.3 is 0 Å². The van der Waals surface area contributed by atoms with Crippen molar-refractivity contribution in [2.45, 2.75) is 31.7 Å². The highest BCUT2D eigenvalue weighted by molar-refractivity contribution is 14.1. The van der Waals surface area contributed by atoms with Gasteiger partial charge < -0.3 is 5.32 Å². The highest BCUT2D eigenvalue weighted by Crippen LogP contribution is 2.40. The third-order valence-corrected chi connectivity index (χ3v) is 5.34. The molecule has 3 rings (SSSR count). The van der Waals surface area contributed by atoms with Crippen molar-refractivity contribution in [3.05, 3.63) is 33.1 Å². The van der Waals surface area contributed by atoms with Crippen LogP contribution in [0.3, 0.4) is 0 Å². The maximum absolute atomic E-state index is 14.4. The molecule has 0 radical (unpaired) electrons. The van der Waals surface area contributed by atoms with Gasteiger partial charge in [0.2, 0.25) is 0 Å². The zero-order chi connectivity index (χ0) is 13.9. The summed E-state index contributed by atoms with van der Waals surface area (Å²) in [5.41, 5.74) is 0.922. The number of benzene rings is 1. The van der Waals surface area contributed by atoms with E-state index in [2.05, 4.69) is 38.9 Å². The van der Waals surface area contributed by atoms with Crippen molar-refractivity contribution in [3.63, 3.8) is 0 Å². The van der Waals surface area contributed by atoms with E-state index in [1.54, 1.807) is 6.07 Å². The molecular weight excluding hydrogens is 366 g/mol. The highest BCUT2D eigenvalue weighted by Gasteiger charge is 2.33. The molecule has 1 aromatic rings. The van der Waals surface area contributed by atoms with Crippen LogP contribution in [0.2, 0.25) is 0 Å². The average Bonchev–Trinajstić information content (AvgIpc) is 2.98. The van der Waals surface area contributed by atoms with Gasteiger partial charge in [0.05, 0.1) is 0 Å². The van der Waals surface area contributed by atoms with Crippen LogP contribution in [0.4, 0.5) is 4.39 Å². The molecule has 1 aromatic carbocycles. The number of piperazine rings is 1. The summed E-state index contributed by atoms with van der Waals surface area (Å²) in [5.74, 6) is 0.599. The van der Waals surface area contributed by atoms with E-state index in [1.807, 2.05) is 6.07 Å². The lowest BCUT2D eigenvalue weighted by molar-refractivity contribution is 0.122. The molecule has 1 heterocycles. The summed E-state index contributed by atoms with van der Waals surface area (Å²) in [5, 5.41) is 3.40. The van der Waals surface area contributed by atoms with E-state index >= 15 is 0 Å². The van der Waals surface area contributed by atoms with E-state index in [0.29, 0.717) is 5.92 Å². The quantitative estimate of drug-likeness (QED) is 0.797. The Bertz CT molecular complexity index is 454. The lowest BCUT2D eigenvalue weighted by Gasteiger charge is -2.38. The molecule has 0 bridgehead atoms. The first-order valence-electron chi connectivity index (χ1n) is 7.65. The van der Waals surface area contributed by atoms with E-state index in [4.69, 9.17) is 0 Å². The van der Waals surface area contributed by atoms with Crippen molar-refractivity contribution in [2.24, 2.45) is 5.92 Å². The predicted octanol–water partition coefficient (Wildman–Crippen LogP) is 3.57. The van der Waals surface area contributed by atoms with Crippen LogP contribution in [0.1, 0.15) is 37.3 Å². The normalized spacial score (nSPS) is 23.1. The monoisotopic (exact) mass is 388 g/mol. The first-order chi connectivity index (χ1) is 9.75. The number of hydrogen-bond acceptors (Lipinski definition) is 2. The third kappa shape index (κ3) is 3.17. The predicted molar refractivity (Wildman–Crippen MR) is 88.3 cm³/mol. The van der Waals surface area contributed by atoms with Gasteiger partial charge in [0.25, 0.3) is 0 Å². The number of nitrogens with zero attached hydrogens (tertiary/aromatic N) is 1. The van der Waals surface area contributed by atoms with Crippen molar-refractivity contribution in [3.8, 4) is 0 Å². The van der Waals surface area contributed by atoms with Crippen LogP contribution in [-0.2, 0) is 0 Å². The molecule has 20 heavy (non-hydrogen) atoms. The summed E-state index contributed by atoms with van der Waals surface area (Å²) in [6.45, 7) is 4.11. The molecule has 1 atom stereocenters. The summed E-state index contributed by atoms with van der Waals surface area (Å²) in [6.07, 6.45) is 5.11. The minimum atomic E-state index is -0.0270. The smallest absolute Gasteiger partial charge is 0.128 e. The molecule has 1 aliphatic heterocycles. The van der Waals surface area contributed by atoms with Gasteiger partial charge in [-0.15, -0.1) is 0 Å². The molecule has 1 saturated heterocycles. The summed E-state index contributed by atoms with van der Waals surface area (Å²) < 4.78 is 15.5. The van der Waals surface area contributed by atoms with Crippen molar-refractivity contribution >= 4 is 22.6 Å². The number of nitrogens with one attached hydrogen (secondary N) is 1. The maximum atomic E-state index is 14.4. The molecule has 0 unspecified atom stereocenters. The molecule has 0 aromatic heterocycles. The Hall–Kier alpha value is -0.200. The summed E-state index contributed by atoms with van der Waals surface area (Å²) in [7, 11) is 0. The van der Waals surface area contributed by atoms with Gasteiger partial charge in [-0.25, -0.2) is 4.39 Å². The lowest BCUT2D eigenvalue weighted by Crippen LogP contribution is -2.47. The molecule has 2 fully saturated rings. The molecule has 2 aliphatic rings. The second kappa shape index (κ2) is 6.71. The Labute approximate surface area is 134 Å². The Morgan fingerprint density at radius 1 is 1.20 bits per heavy atom. The number of halogens is 2. The molecule has 1 aliphatic carbocycles. The maximum Gasteiger partial charge on any atom is 0.128 e. The zero-order valence-electron chi connectivity index (χ0n) is 11.7. The van der Waals surface area contributed by atoms with E-state index < -0.39 is 0 Å². The van der Waals surface area contributed by atoms with E-state index in [0.717, 1.165) is 35.3 Å². The third-order valence-electron chi connectivity index (χ3n) is 4.67. The van der Waals surface area contributed by atoms with E-state index in [-0.39, 0.29) is 11.9 Å². The van der Waals surface area contributed by atoms with Crippen LogP contribution in [0.25, 0.3) is 0 Å². The van der Waals surface area contributed by atoms with Crippen molar-refractivity contribution < 1.29 is 4.39 Å². The van der Waals surface area contributed by atoms with Crippen molar-refractivity contribution in [1.82, 2.24) is 10.2 Å². The van der Waals surface area contributed by atoms with Gasteiger partial charge in [0.1, 0.15) is 5.82 Å². The van der Waals surface area contributed by atoms with Gasteiger partial charge in [-0.3, -0.25) is 4.90 Å². The SMILES string of the molecule is Fc1ccc(I)cc1[C@@H](C1CCCC1)N1CCNCC1. The summed E-state index contributed by atoms with van der Waals surface area (Å²) in [4.78, 5) is 2.50. The van der Waals surface area contributed by atoms with Crippen LogP contribution in [-0.4, -0.2) is 31.1 Å². The van der Waals surface area contributed by atoms with Gasteiger partial charge in [-0.1, -0.05) is 12.8 Å². The van der Waals surface area contributed by atoms with Crippen LogP contribution in [0, 0.1) is 15.3 Å². The highest BCUT2D eigenvalue weighted by atomic mass is 127. The molecule has 2 nitrogen and oxygen atoms in total. The van der Waals surface area contributed by atoms with E-state index in [9.17, 15) is 4.39 Å². The van der Waals surface area contributed by atoms with E-state index in [1.165, 1.54) is 25.7 Å². The second-order valence-corrected chi connectivity index (χ2v) is 7.19. The average molecular weight is 388 g/mol. The summed E-state index contributed by atoms with van der Waals surface area (Å²) in [6, 6.07) is 5.83. The second-order valence-electron chi connectivity index (χ2n) is 5.94. The summed E-state index contributed by atoms with van der Waals surface area (Å²) >= 11 is 2.29. The van der Waals surface area contributed by atoms with Crippen molar-refractivity contribution in [2.75, 3.05) is 26.2 Å². The van der Waals surface area contributed by atoms with Gasteiger partial charge in [0, 0.05) is 41.4 Å². The molecule has 1 N–H and O–H groups in total. The fraction of sp³-hybridized carbons (Fsp3) is 0.625. The lowest BCUT2D eigenvalue weighted by atomic mass is 9.89. The minimum absolute atomic E-state index is 0.0270. The fourth-order valence-corrected chi connectivity index (χ4v) is 4.24. The molecule has 4 heteroatoms. The molecule has 110 valence electrons. The standard InChI is InChI=1S/C16H22FIN2/c17-15-6-5-13(18)11-14(15)16(12-3-1-2-4-12)20-9-7-19-8-10-20/h5-6,11-12,16,19H,1-4,7-10H2/t16-/m1/s1. The number of hydrogen-bond donors (Lipinski definition) is 1.